The third-order valence-corrected chi connectivity index (χ3v) is 1.06. The van der Waals surface area contributed by atoms with Crippen LogP contribution in [0.15, 0.2) is 10.7 Å². The van der Waals surface area contributed by atoms with Crippen LogP contribution in [-0.4, -0.2) is 22.3 Å². The van der Waals surface area contributed by atoms with Crippen molar-refractivity contribution >= 4 is 0 Å². The van der Waals surface area contributed by atoms with Crippen molar-refractivity contribution in [3.05, 3.63) is 17.8 Å². The summed E-state index contributed by atoms with van der Waals surface area (Å²) in [6.45, 7) is 6.16. The summed E-state index contributed by atoms with van der Waals surface area (Å²) in [6, 6.07) is 0. The molecule has 0 aromatic carbocycles. The minimum absolute atomic E-state index is 0.400. The van der Waals surface area contributed by atoms with Gasteiger partial charge in [-0.3, -0.25) is 0 Å². The van der Waals surface area contributed by atoms with E-state index >= 15 is 0 Å². The van der Waals surface area contributed by atoms with E-state index in [9.17, 15) is 0 Å². The topological polar surface area (TPSA) is 49.5 Å². The van der Waals surface area contributed by atoms with E-state index in [1.807, 2.05) is 13.8 Å². The first-order valence-electron chi connectivity index (χ1n) is 3.99. The van der Waals surface area contributed by atoms with E-state index in [0.29, 0.717) is 12.4 Å². The van der Waals surface area contributed by atoms with Gasteiger partial charge in [0.15, 0.2) is 5.89 Å². The van der Waals surface area contributed by atoms with Gasteiger partial charge >= 0.3 is 0 Å². The highest BCUT2D eigenvalue weighted by molar-refractivity contribution is 4.93. The van der Waals surface area contributed by atoms with Gasteiger partial charge in [-0.05, 0) is 0 Å². The SMILES string of the molecule is CC.Cc1nc(CN(C)O)co1. The van der Waals surface area contributed by atoms with Gasteiger partial charge in [-0.15, -0.1) is 0 Å². The van der Waals surface area contributed by atoms with Crippen LogP contribution in [0.3, 0.4) is 0 Å². The zero-order chi connectivity index (χ0) is 9.56. The van der Waals surface area contributed by atoms with Gasteiger partial charge in [0.1, 0.15) is 6.26 Å². The van der Waals surface area contributed by atoms with E-state index in [4.69, 9.17) is 9.62 Å². The Morgan fingerprint density at radius 3 is 2.50 bits per heavy atom. The lowest BCUT2D eigenvalue weighted by molar-refractivity contribution is -0.0740. The number of hydrogen-bond donors (Lipinski definition) is 1. The molecule has 1 aromatic heterocycles. The predicted molar refractivity (Wildman–Crippen MR) is 45.8 cm³/mol. The monoisotopic (exact) mass is 172 g/mol. The van der Waals surface area contributed by atoms with Gasteiger partial charge in [0.2, 0.25) is 0 Å². The standard InChI is InChI=1S/C6H10N2O2.C2H6/c1-5-7-6(4-10-5)3-8(2)9;1-2/h4,9H,3H2,1-2H3;1-2H3. The molecule has 0 aliphatic heterocycles. The van der Waals surface area contributed by atoms with Crippen LogP contribution in [0.4, 0.5) is 0 Å². The lowest BCUT2D eigenvalue weighted by Gasteiger charge is -2.02. The first-order valence-corrected chi connectivity index (χ1v) is 3.99. The van der Waals surface area contributed by atoms with Crippen LogP contribution in [0.1, 0.15) is 25.4 Å². The Morgan fingerprint density at radius 1 is 1.58 bits per heavy atom. The molecular formula is C8H16N2O2. The molecule has 0 saturated carbocycles. The van der Waals surface area contributed by atoms with Crippen molar-refractivity contribution in [2.24, 2.45) is 0 Å². The number of rotatable bonds is 2. The van der Waals surface area contributed by atoms with Gasteiger partial charge in [-0.1, -0.05) is 13.8 Å². The maximum Gasteiger partial charge on any atom is 0.191 e. The predicted octanol–water partition coefficient (Wildman–Crippen LogP) is 1.83. The second-order valence-electron chi connectivity index (χ2n) is 2.17. The molecule has 4 nitrogen and oxygen atoms in total. The largest absolute Gasteiger partial charge is 0.449 e. The van der Waals surface area contributed by atoms with Crippen molar-refractivity contribution in [2.75, 3.05) is 7.05 Å². The fraction of sp³-hybridized carbons (Fsp3) is 0.625. The molecule has 0 saturated heterocycles. The minimum Gasteiger partial charge on any atom is -0.449 e. The smallest absolute Gasteiger partial charge is 0.191 e. The fourth-order valence-electron chi connectivity index (χ4n) is 0.715. The van der Waals surface area contributed by atoms with Crippen LogP contribution in [0.2, 0.25) is 0 Å². The van der Waals surface area contributed by atoms with E-state index in [2.05, 4.69) is 4.98 Å². The van der Waals surface area contributed by atoms with E-state index in [1.165, 1.54) is 6.26 Å². The molecule has 1 rings (SSSR count). The number of hydrogen-bond acceptors (Lipinski definition) is 4. The lowest BCUT2D eigenvalue weighted by Crippen LogP contribution is -2.11. The summed E-state index contributed by atoms with van der Waals surface area (Å²) in [5, 5.41) is 9.82. The van der Waals surface area contributed by atoms with Crippen LogP contribution < -0.4 is 0 Å². The highest BCUT2D eigenvalue weighted by atomic mass is 16.5. The Bertz CT molecular complexity index is 209. The summed E-state index contributed by atoms with van der Waals surface area (Å²) >= 11 is 0. The molecule has 0 atom stereocenters. The Labute approximate surface area is 72.8 Å². The van der Waals surface area contributed by atoms with Crippen LogP contribution >= 0.6 is 0 Å². The third-order valence-electron chi connectivity index (χ3n) is 1.06. The zero-order valence-electron chi connectivity index (χ0n) is 8.03. The molecule has 1 heterocycles. The van der Waals surface area contributed by atoms with Crippen molar-refractivity contribution in [3.63, 3.8) is 0 Å². The number of hydroxylamine groups is 2. The van der Waals surface area contributed by atoms with Crippen LogP contribution in [-0.2, 0) is 6.54 Å². The average molecular weight is 172 g/mol. The zero-order valence-corrected chi connectivity index (χ0v) is 8.03. The summed E-state index contributed by atoms with van der Waals surface area (Å²) in [5.74, 6) is 0.622. The highest BCUT2D eigenvalue weighted by Crippen LogP contribution is 2.01. The molecule has 1 N–H and O–H groups in total. The normalized spacial score (nSPS) is 9.50. The molecule has 12 heavy (non-hydrogen) atoms. The number of nitrogens with zero attached hydrogens (tertiary/aromatic N) is 2. The van der Waals surface area contributed by atoms with E-state index in [1.54, 1.807) is 14.0 Å². The molecule has 0 aliphatic carbocycles. The quantitative estimate of drug-likeness (QED) is 0.691. The van der Waals surface area contributed by atoms with Gasteiger partial charge in [0.05, 0.1) is 12.2 Å². The first kappa shape index (κ1) is 11.1. The van der Waals surface area contributed by atoms with Crippen molar-refractivity contribution < 1.29 is 9.62 Å². The molecule has 0 fully saturated rings. The minimum atomic E-state index is 0.400. The highest BCUT2D eigenvalue weighted by Gasteiger charge is 2.00. The lowest BCUT2D eigenvalue weighted by atomic mass is 10.5. The number of aryl methyl sites for hydroxylation is 1. The molecule has 0 spiro atoms. The van der Waals surface area contributed by atoms with Crippen molar-refractivity contribution in [2.45, 2.75) is 27.3 Å². The molecule has 0 amide bonds. The Balaban J connectivity index is 0.000000561. The van der Waals surface area contributed by atoms with Crippen LogP contribution in [0.5, 0.6) is 0 Å². The maximum absolute atomic E-state index is 8.77. The van der Waals surface area contributed by atoms with Crippen molar-refractivity contribution in [1.82, 2.24) is 10.0 Å². The summed E-state index contributed by atoms with van der Waals surface area (Å²) in [7, 11) is 1.56. The third kappa shape index (κ3) is 4.10. The summed E-state index contributed by atoms with van der Waals surface area (Å²) in [4.78, 5) is 3.98. The molecular weight excluding hydrogens is 156 g/mol. The van der Waals surface area contributed by atoms with E-state index < -0.39 is 0 Å². The first-order chi connectivity index (χ1) is 5.68. The van der Waals surface area contributed by atoms with Crippen molar-refractivity contribution in [3.8, 4) is 0 Å². The van der Waals surface area contributed by atoms with Gasteiger partial charge in [0.25, 0.3) is 0 Å². The van der Waals surface area contributed by atoms with Crippen LogP contribution in [0, 0.1) is 6.92 Å². The van der Waals surface area contributed by atoms with Gasteiger partial charge in [-0.2, -0.15) is 5.06 Å². The van der Waals surface area contributed by atoms with Gasteiger partial charge < -0.3 is 9.62 Å². The summed E-state index contributed by atoms with van der Waals surface area (Å²) in [6.07, 6.45) is 1.53. The second kappa shape index (κ2) is 5.74. The fourth-order valence-corrected chi connectivity index (χ4v) is 0.715. The van der Waals surface area contributed by atoms with E-state index in [0.717, 1.165) is 10.8 Å². The Hall–Kier alpha value is -0.870. The molecule has 4 heteroatoms. The Kier molecular flexibility index (Phi) is 5.32. The molecule has 1 aromatic rings. The molecule has 0 aliphatic rings. The molecule has 0 radical (unpaired) electrons. The van der Waals surface area contributed by atoms with Crippen molar-refractivity contribution in [1.29, 1.82) is 0 Å². The number of oxazole rings is 1. The van der Waals surface area contributed by atoms with Gasteiger partial charge in [-0.25, -0.2) is 4.98 Å². The van der Waals surface area contributed by atoms with Crippen LogP contribution in [0.25, 0.3) is 0 Å². The summed E-state index contributed by atoms with van der Waals surface area (Å²) < 4.78 is 4.92. The Morgan fingerprint density at radius 2 is 2.17 bits per heavy atom. The molecule has 0 bridgehead atoms. The van der Waals surface area contributed by atoms with Gasteiger partial charge in [0, 0.05) is 14.0 Å². The number of aromatic nitrogens is 1. The molecule has 0 unspecified atom stereocenters. The average Bonchev–Trinajstić information content (AvgIpc) is 2.39. The van der Waals surface area contributed by atoms with E-state index in [-0.39, 0.29) is 0 Å². The molecule has 70 valence electrons. The maximum atomic E-state index is 8.77. The second-order valence-corrected chi connectivity index (χ2v) is 2.17. The summed E-state index contributed by atoms with van der Waals surface area (Å²) in [5.41, 5.74) is 0.738.